The molecule has 0 aliphatic carbocycles. The highest BCUT2D eigenvalue weighted by atomic mass is 79.9. The fourth-order valence-corrected chi connectivity index (χ4v) is 4.16. The van der Waals surface area contributed by atoms with Crippen molar-refractivity contribution in [1.29, 1.82) is 0 Å². The molecule has 7 heteroatoms. The number of rotatable bonds is 5. The number of alkyl halides is 1. The minimum Gasteiger partial charge on any atom is -0.480 e. The second kappa shape index (κ2) is 9.32. The molecule has 1 aliphatic rings. The Kier molecular flexibility index (Phi) is 6.34. The maximum Gasteiger partial charge on any atom is 0.321 e. The Hall–Kier alpha value is -3.16. The number of amides is 1. The van der Waals surface area contributed by atoms with Crippen molar-refractivity contribution >= 4 is 56.5 Å². The summed E-state index contributed by atoms with van der Waals surface area (Å²) < 4.78 is 0. The van der Waals surface area contributed by atoms with Crippen molar-refractivity contribution in [1.82, 2.24) is 5.32 Å². The van der Waals surface area contributed by atoms with Crippen molar-refractivity contribution in [2.24, 2.45) is 4.99 Å². The third-order valence-corrected chi connectivity index (χ3v) is 6.43. The van der Waals surface area contributed by atoms with Crippen molar-refractivity contribution in [2.45, 2.75) is 4.83 Å². The number of nitrogens with one attached hydrogen (secondary N) is 1. The van der Waals surface area contributed by atoms with Gasteiger partial charge in [0.15, 0.2) is 5.17 Å². The van der Waals surface area contributed by atoms with E-state index in [2.05, 4.69) is 38.4 Å². The predicted molar refractivity (Wildman–Crippen MR) is 128 cm³/mol. The molecule has 1 atom stereocenters. The molecule has 3 aromatic carbocycles. The molecule has 3 aromatic rings. The van der Waals surface area contributed by atoms with Crippen LogP contribution in [0.3, 0.4) is 0 Å². The average molecular weight is 493 g/mol. The summed E-state index contributed by atoms with van der Waals surface area (Å²) >= 11 is 4.40. The number of thioether (sulfide) groups is 1. The zero-order chi connectivity index (χ0) is 21.8. The first-order valence-corrected chi connectivity index (χ1v) is 11.1. The van der Waals surface area contributed by atoms with Gasteiger partial charge in [0.1, 0.15) is 4.83 Å². The average Bonchev–Trinajstić information content (AvgIpc) is 3.13. The summed E-state index contributed by atoms with van der Waals surface area (Å²) in [6, 6.07) is 25.0. The summed E-state index contributed by atoms with van der Waals surface area (Å²) in [7, 11) is 0. The number of nitrogens with zero attached hydrogens (tertiary/aromatic N) is 1. The molecule has 1 amide bonds. The molecule has 0 radical (unpaired) electrons. The Morgan fingerprint density at radius 1 is 0.968 bits per heavy atom. The summed E-state index contributed by atoms with van der Waals surface area (Å²) in [4.78, 5) is 27.6. The minimum absolute atomic E-state index is 0.195. The summed E-state index contributed by atoms with van der Waals surface area (Å²) in [5, 5.41) is 12.3. The van der Waals surface area contributed by atoms with Gasteiger partial charge >= 0.3 is 5.97 Å². The number of benzene rings is 3. The van der Waals surface area contributed by atoms with Gasteiger partial charge in [-0.15, -0.1) is 0 Å². The lowest BCUT2D eigenvalue weighted by Gasteiger charge is -2.04. The first kappa shape index (κ1) is 21.1. The first-order valence-electron chi connectivity index (χ1n) is 9.41. The molecule has 0 aromatic heterocycles. The molecule has 1 unspecified atom stereocenters. The Morgan fingerprint density at radius 2 is 1.61 bits per heavy atom. The number of aliphatic carboxylic acids is 1. The molecular weight excluding hydrogens is 476 g/mol. The van der Waals surface area contributed by atoms with Crippen LogP contribution in [0.25, 0.3) is 17.2 Å². The van der Waals surface area contributed by atoms with Crippen LogP contribution in [0.4, 0.5) is 5.69 Å². The second-order valence-electron chi connectivity index (χ2n) is 6.76. The molecule has 0 bridgehead atoms. The van der Waals surface area contributed by atoms with Gasteiger partial charge in [0, 0.05) is 0 Å². The number of amidine groups is 1. The third-order valence-electron chi connectivity index (χ3n) is 4.60. The SMILES string of the molecule is O=C1NC(=Nc2ccc(C(Br)C(=O)O)cc2)S/C1=C/c1ccc(-c2ccccc2)cc1. The molecule has 1 heterocycles. The highest BCUT2D eigenvalue weighted by Gasteiger charge is 2.24. The van der Waals surface area contributed by atoms with Crippen molar-refractivity contribution in [3.8, 4) is 11.1 Å². The van der Waals surface area contributed by atoms with Crippen LogP contribution in [-0.2, 0) is 9.59 Å². The molecule has 1 fully saturated rings. The number of aliphatic imine (C=N–C) groups is 1. The van der Waals surface area contributed by atoms with Crippen LogP contribution in [0.15, 0.2) is 88.8 Å². The van der Waals surface area contributed by atoms with Gasteiger partial charge in [0.05, 0.1) is 10.6 Å². The lowest BCUT2D eigenvalue weighted by Crippen LogP contribution is -2.19. The smallest absolute Gasteiger partial charge is 0.321 e. The van der Waals surface area contributed by atoms with E-state index in [0.717, 1.165) is 16.7 Å². The van der Waals surface area contributed by atoms with E-state index in [1.54, 1.807) is 24.3 Å². The van der Waals surface area contributed by atoms with Crippen LogP contribution >= 0.6 is 27.7 Å². The van der Waals surface area contributed by atoms with Gasteiger partial charge in [-0.25, -0.2) is 4.99 Å². The number of halogens is 1. The molecule has 4 rings (SSSR count). The van der Waals surface area contributed by atoms with Crippen LogP contribution < -0.4 is 5.32 Å². The number of carbonyl (C=O) groups is 2. The van der Waals surface area contributed by atoms with Gasteiger partial charge in [-0.05, 0) is 52.2 Å². The Labute approximate surface area is 192 Å². The van der Waals surface area contributed by atoms with E-state index in [1.807, 2.05) is 48.5 Å². The first-order chi connectivity index (χ1) is 15.0. The van der Waals surface area contributed by atoms with Crippen LogP contribution in [0, 0.1) is 0 Å². The fourth-order valence-electron chi connectivity index (χ4n) is 3.01. The Balaban J connectivity index is 1.47. The third kappa shape index (κ3) is 5.13. The maximum atomic E-state index is 12.3. The lowest BCUT2D eigenvalue weighted by molar-refractivity contribution is -0.136. The van der Waals surface area contributed by atoms with E-state index in [4.69, 9.17) is 5.11 Å². The second-order valence-corrected chi connectivity index (χ2v) is 8.71. The van der Waals surface area contributed by atoms with E-state index in [-0.39, 0.29) is 5.91 Å². The quantitative estimate of drug-likeness (QED) is 0.350. The van der Waals surface area contributed by atoms with Crippen LogP contribution in [0.2, 0.25) is 0 Å². The van der Waals surface area contributed by atoms with Crippen molar-refractivity contribution in [3.05, 3.63) is 94.9 Å². The molecule has 0 saturated carbocycles. The zero-order valence-corrected chi connectivity index (χ0v) is 18.6. The number of hydrogen-bond donors (Lipinski definition) is 2. The van der Waals surface area contributed by atoms with Gasteiger partial charge in [-0.1, -0.05) is 82.7 Å². The van der Waals surface area contributed by atoms with Gasteiger partial charge in [-0.2, -0.15) is 0 Å². The Bertz CT molecular complexity index is 1170. The van der Waals surface area contributed by atoms with Gasteiger partial charge in [-0.3, -0.25) is 9.59 Å². The van der Waals surface area contributed by atoms with Crippen LogP contribution in [0.5, 0.6) is 0 Å². The maximum absolute atomic E-state index is 12.3. The molecule has 1 saturated heterocycles. The largest absolute Gasteiger partial charge is 0.480 e. The van der Waals surface area contributed by atoms with Crippen LogP contribution in [0.1, 0.15) is 16.0 Å². The standard InChI is InChI=1S/C24H17BrN2O3S/c25-21(23(29)30)18-10-12-19(13-11-18)26-24-27-22(28)20(31-24)14-15-6-8-17(9-7-15)16-4-2-1-3-5-16/h1-14,21H,(H,29,30)(H,26,27,28)/b20-14+. The molecule has 154 valence electrons. The van der Waals surface area contributed by atoms with Crippen molar-refractivity contribution in [3.63, 3.8) is 0 Å². The zero-order valence-electron chi connectivity index (χ0n) is 16.2. The molecular formula is C24H17BrN2O3S. The van der Waals surface area contributed by atoms with Gasteiger partial charge in [0.2, 0.25) is 0 Å². The molecule has 0 spiro atoms. The minimum atomic E-state index is -0.954. The number of carboxylic acid groups (broad SMARTS) is 1. The fraction of sp³-hybridized carbons (Fsp3) is 0.0417. The van der Waals surface area contributed by atoms with E-state index in [0.29, 0.717) is 21.3 Å². The normalized spacial score (nSPS) is 17.0. The monoisotopic (exact) mass is 492 g/mol. The van der Waals surface area contributed by atoms with E-state index in [1.165, 1.54) is 11.8 Å². The highest BCUT2D eigenvalue weighted by Crippen LogP contribution is 2.30. The lowest BCUT2D eigenvalue weighted by atomic mass is 10.0. The molecule has 1 aliphatic heterocycles. The van der Waals surface area contributed by atoms with Gasteiger partial charge < -0.3 is 10.4 Å². The van der Waals surface area contributed by atoms with Crippen LogP contribution in [-0.4, -0.2) is 22.2 Å². The topological polar surface area (TPSA) is 78.8 Å². The Morgan fingerprint density at radius 3 is 2.26 bits per heavy atom. The number of carbonyl (C=O) groups excluding carboxylic acids is 1. The summed E-state index contributed by atoms with van der Waals surface area (Å²) in [6.07, 6.45) is 1.84. The molecule has 5 nitrogen and oxygen atoms in total. The summed E-state index contributed by atoms with van der Waals surface area (Å²) in [5.41, 5.74) is 4.44. The van der Waals surface area contributed by atoms with Gasteiger partial charge in [0.25, 0.3) is 5.91 Å². The van der Waals surface area contributed by atoms with Crippen molar-refractivity contribution in [2.75, 3.05) is 0 Å². The predicted octanol–water partition coefficient (Wildman–Crippen LogP) is 5.77. The summed E-state index contributed by atoms with van der Waals surface area (Å²) in [5.74, 6) is -1.15. The van der Waals surface area contributed by atoms with E-state index in [9.17, 15) is 9.59 Å². The van der Waals surface area contributed by atoms with E-state index < -0.39 is 10.8 Å². The molecule has 31 heavy (non-hydrogen) atoms. The number of hydrogen-bond acceptors (Lipinski definition) is 4. The summed E-state index contributed by atoms with van der Waals surface area (Å²) in [6.45, 7) is 0. The van der Waals surface area contributed by atoms with E-state index >= 15 is 0 Å². The number of carboxylic acids is 1. The highest BCUT2D eigenvalue weighted by molar-refractivity contribution is 9.09. The van der Waals surface area contributed by atoms with Crippen molar-refractivity contribution < 1.29 is 14.7 Å². The molecule has 2 N–H and O–H groups in total.